The molecule has 0 saturated carbocycles. The molecule has 1 aliphatic rings. The first-order valence-electron chi connectivity index (χ1n) is 6.13. The summed E-state index contributed by atoms with van der Waals surface area (Å²) >= 11 is 0. The molecule has 0 bridgehead atoms. The second-order valence-electron chi connectivity index (χ2n) is 4.40. The van der Waals surface area contributed by atoms with Crippen molar-refractivity contribution in [1.29, 1.82) is 0 Å². The van der Waals surface area contributed by atoms with Crippen molar-refractivity contribution in [3.63, 3.8) is 0 Å². The van der Waals surface area contributed by atoms with E-state index < -0.39 is 10.0 Å². The summed E-state index contributed by atoms with van der Waals surface area (Å²) in [5, 5.41) is 3.11. The van der Waals surface area contributed by atoms with Crippen molar-refractivity contribution < 1.29 is 8.42 Å². The molecule has 0 amide bonds. The summed E-state index contributed by atoms with van der Waals surface area (Å²) in [6.45, 7) is 3.00. The summed E-state index contributed by atoms with van der Waals surface area (Å²) in [6, 6.07) is 1.86. The smallest absolute Gasteiger partial charge is 0.222 e. The number of hydrogen-bond donors (Lipinski definition) is 1. The van der Waals surface area contributed by atoms with E-state index in [0.717, 1.165) is 12.8 Å². The molecule has 2 heterocycles. The minimum atomic E-state index is -3.06. The fourth-order valence-corrected chi connectivity index (χ4v) is 3.49. The number of nitrogens with one attached hydrogen (secondary N) is 1. The lowest BCUT2D eigenvalue weighted by molar-refractivity contribution is 0.279. The second kappa shape index (κ2) is 5.62. The summed E-state index contributed by atoms with van der Waals surface area (Å²) in [6.07, 6.45) is 4.93. The Balaban J connectivity index is 1.80. The molecule has 1 aromatic heterocycles. The number of hydrogen-bond acceptors (Lipinski definition) is 5. The predicted molar refractivity (Wildman–Crippen MR) is 69.7 cm³/mol. The molecular weight excluding hydrogens is 252 g/mol. The molecule has 0 spiro atoms. The van der Waals surface area contributed by atoms with Crippen LogP contribution in [0.3, 0.4) is 0 Å². The maximum atomic E-state index is 11.8. The molecule has 2 rings (SSSR count). The Hall–Kier alpha value is -1.21. The van der Waals surface area contributed by atoms with Crippen molar-refractivity contribution in [2.24, 2.45) is 0 Å². The van der Waals surface area contributed by atoms with Crippen molar-refractivity contribution in [1.82, 2.24) is 14.3 Å². The first kappa shape index (κ1) is 13.2. The van der Waals surface area contributed by atoms with Gasteiger partial charge in [-0.3, -0.25) is 0 Å². The van der Waals surface area contributed by atoms with Crippen LogP contribution in [0.1, 0.15) is 19.8 Å². The average Bonchev–Trinajstić information content (AvgIpc) is 2.32. The predicted octanol–water partition coefficient (Wildman–Crippen LogP) is 0.703. The highest BCUT2D eigenvalue weighted by molar-refractivity contribution is 7.89. The van der Waals surface area contributed by atoms with E-state index in [2.05, 4.69) is 15.3 Å². The quantitative estimate of drug-likeness (QED) is 0.823. The van der Waals surface area contributed by atoms with Crippen LogP contribution in [-0.4, -0.2) is 47.6 Å². The number of aromatic nitrogens is 2. The molecule has 6 nitrogen and oxygen atoms in total. The SMILES string of the molecule is CCCCS(=O)(=O)N1CC(Nc2ncccn2)C1. The van der Waals surface area contributed by atoms with E-state index in [1.807, 2.05) is 6.92 Å². The summed E-state index contributed by atoms with van der Waals surface area (Å²) in [5.41, 5.74) is 0. The van der Waals surface area contributed by atoms with Gasteiger partial charge in [-0.15, -0.1) is 0 Å². The van der Waals surface area contributed by atoms with Gasteiger partial charge in [0.1, 0.15) is 0 Å². The van der Waals surface area contributed by atoms with Gasteiger partial charge < -0.3 is 5.32 Å². The molecule has 1 saturated heterocycles. The van der Waals surface area contributed by atoms with Crippen LogP contribution in [-0.2, 0) is 10.0 Å². The number of nitrogens with zero attached hydrogens (tertiary/aromatic N) is 3. The lowest BCUT2D eigenvalue weighted by Gasteiger charge is -2.38. The molecule has 1 aliphatic heterocycles. The fourth-order valence-electron chi connectivity index (χ4n) is 1.77. The number of anilines is 1. The minimum absolute atomic E-state index is 0.115. The van der Waals surface area contributed by atoms with Gasteiger partial charge in [-0.1, -0.05) is 13.3 Å². The van der Waals surface area contributed by atoms with Crippen LogP contribution in [0.25, 0.3) is 0 Å². The van der Waals surface area contributed by atoms with Crippen LogP contribution in [0.4, 0.5) is 5.95 Å². The van der Waals surface area contributed by atoms with Gasteiger partial charge in [-0.2, -0.15) is 4.31 Å². The highest BCUT2D eigenvalue weighted by Crippen LogP contribution is 2.17. The van der Waals surface area contributed by atoms with E-state index in [9.17, 15) is 8.42 Å². The topological polar surface area (TPSA) is 75.2 Å². The van der Waals surface area contributed by atoms with Crippen LogP contribution < -0.4 is 5.32 Å². The molecule has 1 N–H and O–H groups in total. The largest absolute Gasteiger partial charge is 0.349 e. The monoisotopic (exact) mass is 270 g/mol. The summed E-state index contributed by atoms with van der Waals surface area (Å²) in [4.78, 5) is 8.09. The molecule has 1 fully saturated rings. The maximum Gasteiger partial charge on any atom is 0.222 e. The van der Waals surface area contributed by atoms with Gasteiger partial charge in [0, 0.05) is 25.5 Å². The Labute approximate surface area is 107 Å². The third kappa shape index (κ3) is 3.17. The lowest BCUT2D eigenvalue weighted by atomic mass is 10.2. The third-order valence-corrected chi connectivity index (χ3v) is 4.79. The molecule has 0 unspecified atom stereocenters. The van der Waals surface area contributed by atoms with Crippen LogP contribution in [0.15, 0.2) is 18.5 Å². The first-order valence-corrected chi connectivity index (χ1v) is 7.74. The van der Waals surface area contributed by atoms with E-state index in [0.29, 0.717) is 19.0 Å². The van der Waals surface area contributed by atoms with E-state index in [1.165, 1.54) is 4.31 Å². The molecule has 1 aromatic rings. The molecular formula is C11H18N4O2S. The zero-order valence-electron chi connectivity index (χ0n) is 10.4. The normalized spacial score (nSPS) is 17.4. The molecule has 18 heavy (non-hydrogen) atoms. The van der Waals surface area contributed by atoms with E-state index in [-0.39, 0.29) is 11.8 Å². The van der Waals surface area contributed by atoms with Gasteiger partial charge in [0.15, 0.2) is 0 Å². The Kier molecular flexibility index (Phi) is 4.13. The summed E-state index contributed by atoms with van der Waals surface area (Å²) in [7, 11) is -3.06. The zero-order valence-corrected chi connectivity index (χ0v) is 11.2. The van der Waals surface area contributed by atoms with Crippen LogP contribution >= 0.6 is 0 Å². The van der Waals surface area contributed by atoms with Crippen molar-refractivity contribution in [2.45, 2.75) is 25.8 Å². The van der Waals surface area contributed by atoms with Crippen molar-refractivity contribution >= 4 is 16.0 Å². The van der Waals surface area contributed by atoms with Crippen molar-refractivity contribution in [3.8, 4) is 0 Å². The molecule has 7 heteroatoms. The number of sulfonamides is 1. The average molecular weight is 270 g/mol. The van der Waals surface area contributed by atoms with Crippen molar-refractivity contribution in [3.05, 3.63) is 18.5 Å². The van der Waals surface area contributed by atoms with Crippen LogP contribution in [0.5, 0.6) is 0 Å². The van der Waals surface area contributed by atoms with Crippen molar-refractivity contribution in [2.75, 3.05) is 24.2 Å². The Morgan fingerprint density at radius 1 is 1.39 bits per heavy atom. The maximum absolute atomic E-state index is 11.8. The highest BCUT2D eigenvalue weighted by atomic mass is 32.2. The highest BCUT2D eigenvalue weighted by Gasteiger charge is 2.35. The van der Waals surface area contributed by atoms with Gasteiger partial charge in [0.05, 0.1) is 11.8 Å². The molecule has 100 valence electrons. The molecule has 0 atom stereocenters. The first-order chi connectivity index (χ1) is 8.62. The van der Waals surface area contributed by atoms with E-state index >= 15 is 0 Å². The summed E-state index contributed by atoms with van der Waals surface area (Å²) in [5.74, 6) is 0.797. The summed E-state index contributed by atoms with van der Waals surface area (Å²) < 4.78 is 25.2. The number of rotatable bonds is 6. The van der Waals surface area contributed by atoms with Gasteiger partial charge in [0.25, 0.3) is 0 Å². The van der Waals surface area contributed by atoms with Gasteiger partial charge in [-0.25, -0.2) is 18.4 Å². The Bertz CT molecular complexity index is 471. The van der Waals surface area contributed by atoms with Gasteiger partial charge >= 0.3 is 0 Å². The van der Waals surface area contributed by atoms with Crippen LogP contribution in [0.2, 0.25) is 0 Å². The molecule has 0 radical (unpaired) electrons. The number of unbranched alkanes of at least 4 members (excludes halogenated alkanes) is 1. The standard InChI is InChI=1S/C11H18N4O2S/c1-2-3-7-18(16,17)15-8-10(9-15)14-11-12-5-4-6-13-11/h4-6,10H,2-3,7-9H2,1H3,(H,12,13,14). The van der Waals surface area contributed by atoms with Gasteiger partial charge in [-0.05, 0) is 12.5 Å². The molecule has 0 aromatic carbocycles. The second-order valence-corrected chi connectivity index (χ2v) is 6.49. The van der Waals surface area contributed by atoms with E-state index in [4.69, 9.17) is 0 Å². The fraction of sp³-hybridized carbons (Fsp3) is 0.636. The minimum Gasteiger partial charge on any atom is -0.349 e. The Morgan fingerprint density at radius 3 is 2.67 bits per heavy atom. The third-order valence-electron chi connectivity index (χ3n) is 2.90. The zero-order chi connectivity index (χ0) is 13.0. The van der Waals surface area contributed by atoms with Crippen LogP contribution in [0, 0.1) is 0 Å². The van der Waals surface area contributed by atoms with E-state index in [1.54, 1.807) is 18.5 Å². The lowest BCUT2D eigenvalue weighted by Crippen LogP contribution is -2.57. The van der Waals surface area contributed by atoms with Gasteiger partial charge in [0.2, 0.25) is 16.0 Å². The molecule has 0 aliphatic carbocycles. The Morgan fingerprint density at radius 2 is 2.06 bits per heavy atom.